The SMILES string of the molecule is COC(=O)N[C@H](C(=O)N1C(c2nc3c(ccc4cc5c(cc43)OCc3cc(-c4cnc([C@@H]6C[C@H](C)[C@H](C)N6C(=O)[C@@H](NC(=O)OC)C6C[C@@H](C)O[C@H](C)C6)[nH]4)ccc3-5)[nH]2)C[C@@H](C)[C@H]1C)C1C[C@@H](C)O[C@H](C)C1. The van der Waals surface area contributed by atoms with Gasteiger partial charge >= 0.3 is 12.2 Å². The normalized spacial score (nSPS) is 30.0. The number of imidazole rings is 2. The van der Waals surface area contributed by atoms with Crippen LogP contribution in [0.4, 0.5) is 9.59 Å². The van der Waals surface area contributed by atoms with E-state index in [0.29, 0.717) is 43.9 Å². The van der Waals surface area contributed by atoms with E-state index in [4.69, 9.17) is 33.7 Å². The van der Waals surface area contributed by atoms with Crippen molar-refractivity contribution in [3.8, 4) is 28.1 Å². The first kappa shape index (κ1) is 49.4. The van der Waals surface area contributed by atoms with Crippen molar-refractivity contribution in [1.82, 2.24) is 40.4 Å². The number of rotatable bonds is 9. The summed E-state index contributed by atoms with van der Waals surface area (Å²) < 4.78 is 28.6. The number of likely N-dealkylation sites (tertiary alicyclic amines) is 2. The molecule has 5 aliphatic heterocycles. The maximum Gasteiger partial charge on any atom is 0.407 e. The lowest BCUT2D eigenvalue weighted by Gasteiger charge is -2.39. The van der Waals surface area contributed by atoms with Gasteiger partial charge in [-0.2, -0.15) is 0 Å². The number of ether oxygens (including phenoxy) is 5. The molecule has 0 saturated carbocycles. The zero-order valence-corrected chi connectivity index (χ0v) is 43.1. The van der Waals surface area contributed by atoms with Crippen LogP contribution in [0.5, 0.6) is 5.75 Å². The highest BCUT2D eigenvalue weighted by Gasteiger charge is 2.48. The van der Waals surface area contributed by atoms with Gasteiger partial charge in [0, 0.05) is 23.0 Å². The molecule has 72 heavy (non-hydrogen) atoms. The van der Waals surface area contributed by atoms with Crippen molar-refractivity contribution in [2.75, 3.05) is 14.2 Å². The molecule has 12 atom stereocenters. The molecular weight excluding hydrogens is 917 g/mol. The minimum absolute atomic E-state index is 0.0398. The number of alkyl carbamates (subject to hydrolysis) is 2. The van der Waals surface area contributed by atoms with Gasteiger partial charge in [-0.25, -0.2) is 19.6 Å². The third kappa shape index (κ3) is 9.15. The van der Waals surface area contributed by atoms with Crippen LogP contribution in [0, 0.1) is 23.7 Å². The summed E-state index contributed by atoms with van der Waals surface area (Å²) in [5.74, 6) is 2.07. The van der Waals surface area contributed by atoms with Gasteiger partial charge in [-0.05, 0) is 150 Å². The topological polar surface area (TPSA) is 202 Å². The number of nitrogens with one attached hydrogen (secondary N) is 4. The van der Waals surface area contributed by atoms with Crippen molar-refractivity contribution in [3.63, 3.8) is 0 Å². The van der Waals surface area contributed by atoms with Crippen LogP contribution in [0.2, 0.25) is 0 Å². The molecule has 3 aromatic carbocycles. The van der Waals surface area contributed by atoms with Crippen molar-refractivity contribution in [2.24, 2.45) is 23.7 Å². The number of aromatic amines is 2. The molecule has 4 saturated heterocycles. The van der Waals surface area contributed by atoms with Crippen molar-refractivity contribution >= 4 is 45.8 Å². The Morgan fingerprint density at radius 3 is 1.78 bits per heavy atom. The first-order valence-corrected chi connectivity index (χ1v) is 25.9. The number of hydrogen-bond donors (Lipinski definition) is 4. The van der Waals surface area contributed by atoms with Gasteiger partial charge in [-0.3, -0.25) is 9.59 Å². The molecule has 384 valence electrons. The summed E-state index contributed by atoms with van der Waals surface area (Å²) in [6.45, 7) is 16.9. The zero-order chi connectivity index (χ0) is 50.9. The van der Waals surface area contributed by atoms with Crippen molar-refractivity contribution in [2.45, 2.75) is 161 Å². The first-order valence-electron chi connectivity index (χ1n) is 25.9. The fourth-order valence-electron chi connectivity index (χ4n) is 12.8. The fraction of sp³-hybridized carbons (Fsp3) is 0.564. The van der Waals surface area contributed by atoms with E-state index in [1.807, 2.05) is 49.8 Å². The van der Waals surface area contributed by atoms with E-state index < -0.39 is 24.3 Å². The number of carbonyl (C=O) groups excluding carboxylic acids is 4. The predicted molar refractivity (Wildman–Crippen MR) is 271 cm³/mol. The van der Waals surface area contributed by atoms with Crippen molar-refractivity contribution in [3.05, 3.63) is 65.9 Å². The molecule has 10 rings (SSSR count). The number of H-pyrrole nitrogens is 2. The standard InChI is InChI=1S/C55H70N8O9/c1-26-15-44(62(32(26)7)52(64)47(60-54(66)68-9)36-17-28(3)71-29(4)18-36)50-56-24-43(58-50)35-11-13-39-38(21-35)25-70-46-23-40-34(22-41(39)46)12-14-42-49(40)59-51(57-42)45-16-27(2)33(8)63(45)53(65)48(61-55(67)69-10)37-19-30(5)72-31(6)20-37/h11-14,21-24,26-33,36-37,44-45,47-48H,15-20,25H2,1-10H3,(H,56,58)(H,57,59)(H,60,66)(H,61,67)/t26-,27+,28+,29+,30+,31+,32-,33+,44-,45?,47-,48-/m0/s1. The third-order valence-electron chi connectivity index (χ3n) is 16.7. The molecule has 4 fully saturated rings. The fourth-order valence-corrected chi connectivity index (χ4v) is 12.8. The van der Waals surface area contributed by atoms with Crippen LogP contribution in [-0.2, 0) is 35.1 Å². The molecule has 2 aromatic heterocycles. The van der Waals surface area contributed by atoms with Gasteiger partial charge < -0.3 is 54.1 Å². The lowest BCUT2D eigenvalue weighted by Crippen LogP contribution is -2.55. The Morgan fingerprint density at radius 2 is 1.22 bits per heavy atom. The van der Waals surface area contributed by atoms with Gasteiger partial charge in [-0.15, -0.1) is 0 Å². The van der Waals surface area contributed by atoms with E-state index >= 15 is 0 Å². The molecular formula is C55H70N8O9. The summed E-state index contributed by atoms with van der Waals surface area (Å²) in [5.41, 5.74) is 6.54. The Kier molecular flexibility index (Phi) is 13.5. The largest absolute Gasteiger partial charge is 0.488 e. The number of carbonyl (C=O) groups is 4. The van der Waals surface area contributed by atoms with Crippen molar-refractivity contribution in [1.29, 1.82) is 0 Å². The molecule has 0 spiro atoms. The van der Waals surface area contributed by atoms with Crippen LogP contribution in [0.3, 0.4) is 0 Å². The summed E-state index contributed by atoms with van der Waals surface area (Å²) in [6.07, 6.45) is 4.45. The number of nitrogens with zero attached hydrogens (tertiary/aromatic N) is 4. The predicted octanol–water partition coefficient (Wildman–Crippen LogP) is 9.12. The van der Waals surface area contributed by atoms with E-state index in [2.05, 4.69) is 84.7 Å². The van der Waals surface area contributed by atoms with Crippen molar-refractivity contribution < 1.29 is 42.9 Å². The van der Waals surface area contributed by atoms with Crippen LogP contribution >= 0.6 is 0 Å². The van der Waals surface area contributed by atoms with Crippen LogP contribution in [0.25, 0.3) is 44.2 Å². The maximum absolute atomic E-state index is 14.8. The Balaban J connectivity index is 0.905. The molecule has 7 heterocycles. The lowest BCUT2D eigenvalue weighted by atomic mass is 9.85. The zero-order valence-electron chi connectivity index (χ0n) is 43.1. The Labute approximate surface area is 420 Å². The molecule has 0 bridgehead atoms. The number of methoxy groups -OCH3 is 2. The van der Waals surface area contributed by atoms with Gasteiger partial charge in [-0.1, -0.05) is 32.0 Å². The average molecular weight is 987 g/mol. The number of hydrogen-bond acceptors (Lipinski definition) is 11. The van der Waals surface area contributed by atoms with Gasteiger partial charge in [0.15, 0.2) is 0 Å². The highest BCUT2D eigenvalue weighted by atomic mass is 16.5. The van der Waals surface area contributed by atoms with Gasteiger partial charge in [0.25, 0.3) is 0 Å². The average Bonchev–Trinajstić information content (AvgIpc) is 4.15. The van der Waals surface area contributed by atoms with Crippen LogP contribution in [-0.4, -0.2) is 117 Å². The number of fused-ring (bicyclic) bond motifs is 6. The second kappa shape index (κ2) is 19.7. The van der Waals surface area contributed by atoms with E-state index in [1.165, 1.54) is 14.2 Å². The summed E-state index contributed by atoms with van der Waals surface area (Å²) in [7, 11) is 2.64. The summed E-state index contributed by atoms with van der Waals surface area (Å²) in [4.78, 5) is 76.0. The first-order chi connectivity index (χ1) is 34.5. The highest BCUT2D eigenvalue weighted by molar-refractivity contribution is 6.07. The van der Waals surface area contributed by atoms with E-state index in [0.717, 1.165) is 68.3 Å². The second-order valence-electron chi connectivity index (χ2n) is 21.6. The van der Waals surface area contributed by atoms with Crippen LogP contribution in [0.15, 0.2) is 48.7 Å². The molecule has 5 aromatic rings. The van der Waals surface area contributed by atoms with Crippen LogP contribution in [0.1, 0.15) is 123 Å². The molecule has 17 heteroatoms. The smallest absolute Gasteiger partial charge is 0.407 e. The highest BCUT2D eigenvalue weighted by Crippen LogP contribution is 2.46. The maximum atomic E-state index is 14.8. The van der Waals surface area contributed by atoms with Gasteiger partial charge in [0.05, 0.1) is 73.6 Å². The summed E-state index contributed by atoms with van der Waals surface area (Å²) in [5, 5.41) is 7.77. The summed E-state index contributed by atoms with van der Waals surface area (Å²) in [6, 6.07) is 12.4. The number of amides is 4. The molecule has 0 aliphatic carbocycles. The molecule has 4 amide bonds. The third-order valence-corrected chi connectivity index (χ3v) is 16.7. The lowest BCUT2D eigenvalue weighted by molar-refractivity contribution is -0.141. The molecule has 4 N–H and O–H groups in total. The quantitative estimate of drug-likeness (QED) is 0.110. The Hall–Kier alpha value is -6.20. The minimum Gasteiger partial charge on any atom is -0.488 e. The van der Waals surface area contributed by atoms with E-state index in [-0.39, 0.29) is 84.1 Å². The Morgan fingerprint density at radius 1 is 0.667 bits per heavy atom. The monoisotopic (exact) mass is 987 g/mol. The summed E-state index contributed by atoms with van der Waals surface area (Å²) >= 11 is 0. The number of aromatic nitrogens is 4. The molecule has 17 nitrogen and oxygen atoms in total. The molecule has 0 radical (unpaired) electrons. The molecule has 5 aliphatic rings. The molecule has 1 unspecified atom stereocenters. The second-order valence-corrected chi connectivity index (χ2v) is 21.6. The number of benzene rings is 3. The van der Waals surface area contributed by atoms with E-state index in [1.54, 1.807) is 0 Å². The van der Waals surface area contributed by atoms with Crippen LogP contribution < -0.4 is 15.4 Å². The van der Waals surface area contributed by atoms with E-state index in [9.17, 15) is 19.2 Å². The van der Waals surface area contributed by atoms with Gasteiger partial charge in [0.2, 0.25) is 11.8 Å². The van der Waals surface area contributed by atoms with Gasteiger partial charge in [0.1, 0.15) is 36.1 Å². The Bertz CT molecular complexity index is 2860. The minimum atomic E-state index is -0.771.